The molecule has 2 unspecified atom stereocenters. The van der Waals surface area contributed by atoms with Crippen LogP contribution in [0, 0.1) is 11.6 Å². The van der Waals surface area contributed by atoms with Crippen LogP contribution in [0.5, 0.6) is 0 Å². The number of aromatic nitrogens is 1. The highest BCUT2D eigenvalue weighted by molar-refractivity contribution is 6.13. The van der Waals surface area contributed by atoms with Crippen LogP contribution in [-0.4, -0.2) is 35.6 Å². The van der Waals surface area contributed by atoms with Gasteiger partial charge in [0.25, 0.3) is 0 Å². The number of pyridine rings is 1. The SMILES string of the molecule is Nc1ccc(F)c(Nc2ncccc2C2=NC=NC3N=CNC23)c1F. The van der Waals surface area contributed by atoms with Crippen molar-refractivity contribution >= 4 is 35.6 Å². The van der Waals surface area contributed by atoms with Gasteiger partial charge in [-0.2, -0.15) is 0 Å². The van der Waals surface area contributed by atoms with E-state index >= 15 is 0 Å². The lowest BCUT2D eigenvalue weighted by molar-refractivity contribution is 0.593. The first-order valence-electron chi connectivity index (χ1n) is 7.48. The molecular formula is C16H13F2N7. The van der Waals surface area contributed by atoms with Crippen molar-refractivity contribution in [2.24, 2.45) is 15.0 Å². The molecule has 126 valence electrons. The first kappa shape index (κ1) is 15.2. The Balaban J connectivity index is 1.75. The monoisotopic (exact) mass is 341 g/mol. The molecule has 7 nitrogen and oxygen atoms in total. The molecule has 0 fully saturated rings. The minimum atomic E-state index is -0.871. The third-order valence-corrected chi connectivity index (χ3v) is 3.94. The van der Waals surface area contributed by atoms with Crippen molar-refractivity contribution in [3.8, 4) is 0 Å². The number of benzene rings is 1. The van der Waals surface area contributed by atoms with Crippen LogP contribution in [0.25, 0.3) is 0 Å². The van der Waals surface area contributed by atoms with Gasteiger partial charge in [-0.15, -0.1) is 0 Å². The molecule has 4 N–H and O–H groups in total. The summed E-state index contributed by atoms with van der Waals surface area (Å²) in [6, 6.07) is 5.47. The molecule has 1 aromatic heterocycles. The lowest BCUT2D eigenvalue weighted by Gasteiger charge is -2.22. The van der Waals surface area contributed by atoms with E-state index in [0.29, 0.717) is 11.3 Å². The molecule has 0 radical (unpaired) electrons. The Kier molecular flexibility index (Phi) is 3.60. The van der Waals surface area contributed by atoms with Gasteiger partial charge >= 0.3 is 0 Å². The third kappa shape index (κ3) is 2.59. The van der Waals surface area contributed by atoms with Gasteiger partial charge in [-0.3, -0.25) is 0 Å². The van der Waals surface area contributed by atoms with E-state index in [1.54, 1.807) is 18.5 Å². The van der Waals surface area contributed by atoms with E-state index in [9.17, 15) is 8.78 Å². The minimum absolute atomic E-state index is 0.158. The smallest absolute Gasteiger partial charge is 0.172 e. The Labute approximate surface area is 141 Å². The molecular weight excluding hydrogens is 328 g/mol. The van der Waals surface area contributed by atoms with Crippen LogP contribution in [0.4, 0.5) is 26.0 Å². The molecule has 0 bridgehead atoms. The molecule has 0 amide bonds. The van der Waals surface area contributed by atoms with Crippen molar-refractivity contribution in [2.45, 2.75) is 12.2 Å². The molecule has 0 aliphatic carbocycles. The molecule has 0 saturated heterocycles. The molecule has 0 spiro atoms. The zero-order chi connectivity index (χ0) is 17.4. The van der Waals surface area contributed by atoms with Crippen LogP contribution in [0.2, 0.25) is 0 Å². The van der Waals surface area contributed by atoms with Gasteiger partial charge in [0.1, 0.15) is 29.7 Å². The molecule has 2 atom stereocenters. The lowest BCUT2D eigenvalue weighted by atomic mass is 10.0. The Hall–Kier alpha value is -3.36. The fourth-order valence-electron chi connectivity index (χ4n) is 2.71. The number of rotatable bonds is 3. The van der Waals surface area contributed by atoms with Crippen molar-refractivity contribution in [1.29, 1.82) is 0 Å². The maximum absolute atomic E-state index is 14.2. The van der Waals surface area contributed by atoms with Crippen LogP contribution >= 0.6 is 0 Å². The average molecular weight is 341 g/mol. The number of halogens is 2. The summed E-state index contributed by atoms with van der Waals surface area (Å²) in [4.78, 5) is 16.9. The molecule has 2 aliphatic heterocycles. The molecule has 4 rings (SSSR count). The average Bonchev–Trinajstić information content (AvgIpc) is 3.11. The highest BCUT2D eigenvalue weighted by atomic mass is 19.1. The summed E-state index contributed by atoms with van der Waals surface area (Å²) in [6.45, 7) is 0. The molecule has 3 heterocycles. The van der Waals surface area contributed by atoms with Crippen molar-refractivity contribution in [1.82, 2.24) is 10.3 Å². The Morgan fingerprint density at radius 3 is 2.92 bits per heavy atom. The standard InChI is InChI=1S/C16H13F2N7/c17-9-3-4-10(19)11(18)13(9)25-15-8(2-1-5-20-15)12-14-16(23-6-21-12)24-7-22-14/h1-7,14,16H,19H2,(H,20,25)(H,22,24). The van der Waals surface area contributed by atoms with E-state index in [2.05, 4.69) is 30.6 Å². The first-order valence-corrected chi connectivity index (χ1v) is 7.48. The number of nitrogens with zero attached hydrogens (tertiary/aromatic N) is 4. The van der Waals surface area contributed by atoms with Crippen molar-refractivity contribution in [3.05, 3.63) is 47.7 Å². The number of nitrogens with two attached hydrogens (primary N) is 1. The fourth-order valence-corrected chi connectivity index (χ4v) is 2.71. The van der Waals surface area contributed by atoms with Gasteiger partial charge < -0.3 is 16.4 Å². The van der Waals surface area contributed by atoms with E-state index < -0.39 is 11.6 Å². The summed E-state index contributed by atoms with van der Waals surface area (Å²) in [5.74, 6) is -1.38. The van der Waals surface area contributed by atoms with E-state index in [0.717, 1.165) is 6.07 Å². The quantitative estimate of drug-likeness (QED) is 0.742. The summed E-state index contributed by atoms with van der Waals surface area (Å²) in [6.07, 6.45) is 4.18. The zero-order valence-corrected chi connectivity index (χ0v) is 12.8. The number of fused-ring (bicyclic) bond motifs is 1. The molecule has 2 aromatic rings. The second-order valence-electron chi connectivity index (χ2n) is 5.47. The molecule has 0 saturated carbocycles. The van der Waals surface area contributed by atoms with E-state index in [-0.39, 0.29) is 29.4 Å². The predicted octanol–water partition coefficient (Wildman–Crippen LogP) is 1.84. The van der Waals surface area contributed by atoms with Crippen LogP contribution in [0.1, 0.15) is 5.56 Å². The Bertz CT molecular complexity index is 923. The zero-order valence-electron chi connectivity index (χ0n) is 12.8. The topological polar surface area (TPSA) is 100 Å². The summed E-state index contributed by atoms with van der Waals surface area (Å²) in [7, 11) is 0. The van der Waals surface area contributed by atoms with E-state index in [4.69, 9.17) is 5.73 Å². The van der Waals surface area contributed by atoms with Crippen LogP contribution in [0.3, 0.4) is 0 Å². The fraction of sp³-hybridized carbons (Fsp3) is 0.125. The number of nitrogens with one attached hydrogen (secondary N) is 2. The summed E-state index contributed by atoms with van der Waals surface area (Å²) in [5, 5.41) is 5.76. The van der Waals surface area contributed by atoms with Crippen molar-refractivity contribution in [2.75, 3.05) is 11.1 Å². The van der Waals surface area contributed by atoms with Gasteiger partial charge in [-0.05, 0) is 24.3 Å². The van der Waals surface area contributed by atoms with Crippen LogP contribution < -0.4 is 16.4 Å². The van der Waals surface area contributed by atoms with Gasteiger partial charge in [-0.1, -0.05) is 0 Å². The van der Waals surface area contributed by atoms with Crippen molar-refractivity contribution in [3.63, 3.8) is 0 Å². The molecule has 9 heteroatoms. The second-order valence-corrected chi connectivity index (χ2v) is 5.47. The van der Waals surface area contributed by atoms with Crippen LogP contribution in [0.15, 0.2) is 45.4 Å². The number of hydrogen-bond donors (Lipinski definition) is 3. The predicted molar refractivity (Wildman–Crippen MR) is 92.5 cm³/mol. The highest BCUT2D eigenvalue weighted by Crippen LogP contribution is 2.29. The number of nitrogen functional groups attached to an aromatic ring is 1. The van der Waals surface area contributed by atoms with E-state index in [1.807, 2.05) is 0 Å². The Morgan fingerprint density at radius 1 is 1.16 bits per heavy atom. The minimum Gasteiger partial charge on any atom is -0.396 e. The van der Waals surface area contributed by atoms with Gasteiger partial charge in [0.15, 0.2) is 12.0 Å². The molecule has 2 aliphatic rings. The lowest BCUT2D eigenvalue weighted by Crippen LogP contribution is -2.41. The van der Waals surface area contributed by atoms with Gasteiger partial charge in [0, 0.05) is 11.8 Å². The second kappa shape index (κ2) is 5.93. The number of aliphatic imine (C=N–C) groups is 3. The summed E-state index contributed by atoms with van der Waals surface area (Å²) < 4.78 is 28.2. The maximum Gasteiger partial charge on any atom is 0.172 e. The van der Waals surface area contributed by atoms with Gasteiger partial charge in [0.05, 0.1) is 17.7 Å². The number of anilines is 3. The van der Waals surface area contributed by atoms with E-state index in [1.165, 1.54) is 18.6 Å². The highest BCUT2D eigenvalue weighted by Gasteiger charge is 2.32. The molecule has 1 aromatic carbocycles. The van der Waals surface area contributed by atoms with Crippen LogP contribution in [-0.2, 0) is 0 Å². The number of hydrogen-bond acceptors (Lipinski definition) is 7. The summed E-state index contributed by atoms with van der Waals surface area (Å²) in [5.41, 5.74) is 6.21. The Morgan fingerprint density at radius 2 is 2.04 bits per heavy atom. The van der Waals surface area contributed by atoms with Crippen molar-refractivity contribution < 1.29 is 8.78 Å². The molecule has 25 heavy (non-hydrogen) atoms. The maximum atomic E-state index is 14.2. The first-order chi connectivity index (χ1) is 12.1. The summed E-state index contributed by atoms with van der Waals surface area (Å²) >= 11 is 0. The van der Waals surface area contributed by atoms with Gasteiger partial charge in [-0.25, -0.2) is 28.7 Å². The largest absolute Gasteiger partial charge is 0.396 e. The van der Waals surface area contributed by atoms with Gasteiger partial charge in [0.2, 0.25) is 0 Å². The third-order valence-electron chi connectivity index (χ3n) is 3.94. The normalized spacial score (nSPS) is 20.8.